The summed E-state index contributed by atoms with van der Waals surface area (Å²) in [6.07, 6.45) is 1.75. The van der Waals surface area contributed by atoms with Gasteiger partial charge in [-0.25, -0.2) is 0 Å². The summed E-state index contributed by atoms with van der Waals surface area (Å²) in [5, 5.41) is 4.15. The van der Waals surface area contributed by atoms with Gasteiger partial charge in [0.1, 0.15) is 5.82 Å². The maximum Gasteiger partial charge on any atom is 0.231 e. The Balaban J connectivity index is 2.27. The molecule has 0 bridgehead atoms. The molecule has 0 fully saturated rings. The van der Waals surface area contributed by atoms with Crippen LogP contribution >= 0.6 is 0 Å². The predicted octanol–water partition coefficient (Wildman–Crippen LogP) is 1.71. The number of nitrogens with two attached hydrogens (primary N) is 1. The van der Waals surface area contributed by atoms with E-state index in [-0.39, 0.29) is 6.79 Å². The van der Waals surface area contributed by atoms with Crippen LogP contribution in [0.2, 0.25) is 0 Å². The van der Waals surface area contributed by atoms with E-state index in [4.69, 9.17) is 15.2 Å². The molecule has 3 rings (SSSR count). The number of aromatic nitrogens is 2. The van der Waals surface area contributed by atoms with Gasteiger partial charge in [0.25, 0.3) is 0 Å². The third-order valence-corrected chi connectivity index (χ3v) is 3.00. The van der Waals surface area contributed by atoms with Crippen LogP contribution < -0.4 is 15.2 Å². The molecule has 0 saturated carbocycles. The molecule has 0 unspecified atom stereocenters. The second-order valence-corrected chi connectivity index (χ2v) is 4.06. The van der Waals surface area contributed by atoms with E-state index in [2.05, 4.69) is 5.10 Å². The first-order valence-electron chi connectivity index (χ1n) is 5.35. The summed E-state index contributed by atoms with van der Waals surface area (Å²) in [5.74, 6) is 2.13. The molecule has 0 atom stereocenters. The lowest BCUT2D eigenvalue weighted by atomic mass is 10.0. The first-order chi connectivity index (χ1) is 8.18. The Hall–Kier alpha value is -2.17. The minimum atomic E-state index is 0.256. The van der Waals surface area contributed by atoms with Gasteiger partial charge in [-0.15, -0.1) is 0 Å². The highest BCUT2D eigenvalue weighted by molar-refractivity contribution is 5.83. The van der Waals surface area contributed by atoms with Crippen LogP contribution in [0.25, 0.3) is 11.1 Å². The van der Waals surface area contributed by atoms with E-state index in [0.29, 0.717) is 5.82 Å². The standard InChI is InChI=1S/C12H13N3O2/c1-7-3-4-9-11(17-6-16-9)10(7)8-5-14-15(2)12(8)13/h3-5H,6,13H2,1-2H3. The Morgan fingerprint density at radius 3 is 2.88 bits per heavy atom. The second-order valence-electron chi connectivity index (χ2n) is 4.06. The third-order valence-electron chi connectivity index (χ3n) is 3.00. The zero-order valence-electron chi connectivity index (χ0n) is 9.73. The van der Waals surface area contributed by atoms with Crippen LogP contribution in [-0.4, -0.2) is 16.6 Å². The fourth-order valence-corrected chi connectivity index (χ4v) is 2.05. The van der Waals surface area contributed by atoms with Crippen molar-refractivity contribution in [3.05, 3.63) is 23.9 Å². The number of nitrogen functional groups attached to an aromatic ring is 1. The minimum Gasteiger partial charge on any atom is -0.454 e. The number of aryl methyl sites for hydroxylation is 2. The van der Waals surface area contributed by atoms with Gasteiger partial charge in [-0.2, -0.15) is 5.10 Å². The lowest BCUT2D eigenvalue weighted by Gasteiger charge is -2.08. The topological polar surface area (TPSA) is 62.3 Å². The summed E-state index contributed by atoms with van der Waals surface area (Å²) in [6, 6.07) is 3.91. The molecule has 17 heavy (non-hydrogen) atoms. The highest BCUT2D eigenvalue weighted by atomic mass is 16.7. The number of benzene rings is 1. The van der Waals surface area contributed by atoms with Crippen molar-refractivity contribution >= 4 is 5.82 Å². The summed E-state index contributed by atoms with van der Waals surface area (Å²) in [5.41, 5.74) is 8.94. The van der Waals surface area contributed by atoms with Gasteiger partial charge >= 0.3 is 0 Å². The van der Waals surface area contributed by atoms with Crippen molar-refractivity contribution in [3.63, 3.8) is 0 Å². The average Bonchev–Trinajstić information content (AvgIpc) is 2.89. The predicted molar refractivity (Wildman–Crippen MR) is 63.9 cm³/mol. The summed E-state index contributed by atoms with van der Waals surface area (Å²) in [7, 11) is 1.81. The number of nitrogens with zero attached hydrogens (tertiary/aromatic N) is 2. The summed E-state index contributed by atoms with van der Waals surface area (Å²) >= 11 is 0. The lowest BCUT2D eigenvalue weighted by Crippen LogP contribution is -1.99. The maximum atomic E-state index is 6.00. The smallest absolute Gasteiger partial charge is 0.231 e. The van der Waals surface area contributed by atoms with Crippen LogP contribution in [-0.2, 0) is 7.05 Å². The van der Waals surface area contributed by atoms with Crippen molar-refractivity contribution in [2.45, 2.75) is 6.92 Å². The van der Waals surface area contributed by atoms with Crippen molar-refractivity contribution in [2.24, 2.45) is 7.05 Å². The summed E-state index contributed by atoms with van der Waals surface area (Å²) in [4.78, 5) is 0. The molecule has 0 saturated heterocycles. The number of fused-ring (bicyclic) bond motifs is 1. The van der Waals surface area contributed by atoms with E-state index in [1.807, 2.05) is 26.1 Å². The Morgan fingerprint density at radius 1 is 1.35 bits per heavy atom. The SMILES string of the molecule is Cc1ccc2c(c1-c1cnn(C)c1N)OCO2. The Morgan fingerprint density at radius 2 is 2.18 bits per heavy atom. The highest BCUT2D eigenvalue weighted by Crippen LogP contribution is 2.44. The highest BCUT2D eigenvalue weighted by Gasteiger charge is 2.23. The quantitative estimate of drug-likeness (QED) is 0.811. The van der Waals surface area contributed by atoms with E-state index in [9.17, 15) is 0 Å². The normalized spacial score (nSPS) is 13.1. The van der Waals surface area contributed by atoms with E-state index in [1.165, 1.54) is 0 Å². The van der Waals surface area contributed by atoms with Crippen LogP contribution in [0.3, 0.4) is 0 Å². The van der Waals surface area contributed by atoms with Gasteiger partial charge in [0.15, 0.2) is 11.5 Å². The monoisotopic (exact) mass is 231 g/mol. The zero-order chi connectivity index (χ0) is 12.0. The van der Waals surface area contributed by atoms with Gasteiger partial charge in [-0.3, -0.25) is 4.68 Å². The van der Waals surface area contributed by atoms with Crippen molar-refractivity contribution in [3.8, 4) is 22.6 Å². The van der Waals surface area contributed by atoms with Crippen molar-refractivity contribution < 1.29 is 9.47 Å². The largest absolute Gasteiger partial charge is 0.454 e. The molecule has 88 valence electrons. The Kier molecular flexibility index (Phi) is 2.01. The van der Waals surface area contributed by atoms with Gasteiger partial charge in [0.05, 0.1) is 6.20 Å². The minimum absolute atomic E-state index is 0.256. The fourth-order valence-electron chi connectivity index (χ4n) is 2.05. The zero-order valence-corrected chi connectivity index (χ0v) is 9.73. The second kappa shape index (κ2) is 3.41. The number of ether oxygens (including phenoxy) is 2. The molecule has 1 aliphatic heterocycles. The molecule has 0 aliphatic carbocycles. The summed E-state index contributed by atoms with van der Waals surface area (Å²) < 4.78 is 12.5. The molecule has 0 radical (unpaired) electrons. The van der Waals surface area contributed by atoms with Gasteiger partial charge in [-0.05, 0) is 18.6 Å². The van der Waals surface area contributed by atoms with Crippen LogP contribution in [0.4, 0.5) is 5.82 Å². The Labute approximate surface area is 98.8 Å². The van der Waals surface area contributed by atoms with E-state index in [0.717, 1.165) is 28.2 Å². The molecule has 0 amide bonds. The lowest BCUT2D eigenvalue weighted by molar-refractivity contribution is 0.174. The average molecular weight is 231 g/mol. The van der Waals surface area contributed by atoms with Crippen molar-refractivity contribution in [2.75, 3.05) is 12.5 Å². The number of rotatable bonds is 1. The first-order valence-corrected chi connectivity index (χ1v) is 5.35. The molecule has 0 spiro atoms. The molecule has 1 aromatic heterocycles. The van der Waals surface area contributed by atoms with E-state index >= 15 is 0 Å². The van der Waals surface area contributed by atoms with E-state index in [1.54, 1.807) is 10.9 Å². The van der Waals surface area contributed by atoms with Crippen LogP contribution in [0.1, 0.15) is 5.56 Å². The molecule has 5 nitrogen and oxygen atoms in total. The van der Waals surface area contributed by atoms with Crippen LogP contribution in [0.5, 0.6) is 11.5 Å². The Bertz CT molecular complexity index is 590. The van der Waals surface area contributed by atoms with Crippen LogP contribution in [0.15, 0.2) is 18.3 Å². The van der Waals surface area contributed by atoms with Gasteiger partial charge in [0, 0.05) is 18.2 Å². The molecular weight excluding hydrogens is 218 g/mol. The maximum absolute atomic E-state index is 6.00. The van der Waals surface area contributed by atoms with Gasteiger partial charge in [-0.1, -0.05) is 6.07 Å². The first kappa shape index (κ1) is 10.0. The molecule has 1 aromatic carbocycles. The van der Waals surface area contributed by atoms with Crippen molar-refractivity contribution in [1.29, 1.82) is 0 Å². The number of hydrogen-bond acceptors (Lipinski definition) is 4. The molecular formula is C12H13N3O2. The molecule has 5 heteroatoms. The molecule has 2 aromatic rings. The van der Waals surface area contributed by atoms with Gasteiger partial charge in [0.2, 0.25) is 6.79 Å². The van der Waals surface area contributed by atoms with Crippen LogP contribution in [0, 0.1) is 6.92 Å². The molecule has 2 heterocycles. The fraction of sp³-hybridized carbons (Fsp3) is 0.250. The van der Waals surface area contributed by atoms with Crippen molar-refractivity contribution in [1.82, 2.24) is 9.78 Å². The number of anilines is 1. The molecule has 1 aliphatic rings. The third kappa shape index (κ3) is 1.35. The van der Waals surface area contributed by atoms with E-state index < -0.39 is 0 Å². The number of hydrogen-bond donors (Lipinski definition) is 1. The summed E-state index contributed by atoms with van der Waals surface area (Å²) in [6.45, 7) is 2.27. The molecule has 2 N–H and O–H groups in total. The van der Waals surface area contributed by atoms with Gasteiger partial charge < -0.3 is 15.2 Å².